The van der Waals surface area contributed by atoms with E-state index in [4.69, 9.17) is 5.11 Å². The summed E-state index contributed by atoms with van der Waals surface area (Å²) in [6.07, 6.45) is -4.56. The third kappa shape index (κ3) is 7.52. The maximum Gasteiger partial charge on any atom is 0.573 e. The zero-order valence-corrected chi connectivity index (χ0v) is 11.4. The molecule has 1 atom stereocenters. The maximum absolute atomic E-state index is 12.0. The summed E-state index contributed by atoms with van der Waals surface area (Å²) in [5, 5.41) is 14.1. The van der Waals surface area contributed by atoms with Crippen molar-refractivity contribution in [2.75, 3.05) is 18.5 Å². The molecule has 21 heavy (non-hydrogen) atoms. The molecule has 0 radical (unpaired) electrons. The fraction of sp³-hybridized carbons (Fsp3) is 0.462. The highest BCUT2D eigenvalue weighted by molar-refractivity contribution is 5.91. The summed E-state index contributed by atoms with van der Waals surface area (Å²) < 4.78 is 39.7. The number of halogens is 3. The third-order valence-corrected chi connectivity index (χ3v) is 2.47. The molecule has 8 heteroatoms. The number of aliphatic hydroxyl groups excluding tert-OH is 1. The van der Waals surface area contributed by atoms with E-state index in [1.54, 1.807) is 6.92 Å². The first kappa shape index (κ1) is 17.3. The number of alkyl halides is 3. The van der Waals surface area contributed by atoms with Crippen LogP contribution in [0.3, 0.4) is 0 Å². The minimum absolute atomic E-state index is 0.0212. The average Bonchev–Trinajstić information content (AvgIpc) is 2.37. The molecule has 0 fully saturated rings. The summed E-state index contributed by atoms with van der Waals surface area (Å²) in [7, 11) is 0. The summed E-state index contributed by atoms with van der Waals surface area (Å²) in [5.41, 5.74) is 0.379. The van der Waals surface area contributed by atoms with Gasteiger partial charge in [-0.2, -0.15) is 0 Å². The third-order valence-electron chi connectivity index (χ3n) is 2.47. The monoisotopic (exact) mass is 306 g/mol. The molecule has 1 aromatic carbocycles. The van der Waals surface area contributed by atoms with Crippen molar-refractivity contribution >= 4 is 11.6 Å². The van der Waals surface area contributed by atoms with Gasteiger partial charge in [-0.25, -0.2) is 0 Å². The Morgan fingerprint density at radius 2 is 1.95 bits per heavy atom. The summed E-state index contributed by atoms with van der Waals surface area (Å²) in [6.45, 7) is 2.15. The standard InChI is InChI=1S/C13H17F3N2O3/c1-9(17-6-7-19)8-12(20)18-10-2-4-11(5-3-10)21-13(14,15)16/h2-5,9,17,19H,6-8H2,1H3,(H,18,20). The van der Waals surface area contributed by atoms with Gasteiger partial charge in [-0.3, -0.25) is 4.79 Å². The SMILES string of the molecule is CC(CC(=O)Nc1ccc(OC(F)(F)F)cc1)NCCO. The Kier molecular flexibility index (Phi) is 6.44. The molecule has 0 bridgehead atoms. The summed E-state index contributed by atoms with van der Waals surface area (Å²) in [5.74, 6) is -0.629. The lowest BCUT2D eigenvalue weighted by molar-refractivity contribution is -0.274. The number of anilines is 1. The molecule has 1 amide bonds. The molecule has 0 aliphatic carbocycles. The van der Waals surface area contributed by atoms with Crippen LogP contribution < -0.4 is 15.4 Å². The lowest BCUT2D eigenvalue weighted by atomic mass is 10.2. The summed E-state index contributed by atoms with van der Waals surface area (Å²) in [4.78, 5) is 11.7. The fourth-order valence-corrected chi connectivity index (χ4v) is 1.61. The first-order valence-corrected chi connectivity index (χ1v) is 6.30. The van der Waals surface area contributed by atoms with Crippen LogP contribution in [-0.2, 0) is 4.79 Å². The number of hydrogen-bond acceptors (Lipinski definition) is 4. The molecule has 0 aliphatic heterocycles. The van der Waals surface area contributed by atoms with Crippen molar-refractivity contribution in [2.24, 2.45) is 0 Å². The second-order valence-corrected chi connectivity index (χ2v) is 4.40. The van der Waals surface area contributed by atoms with E-state index in [9.17, 15) is 18.0 Å². The van der Waals surface area contributed by atoms with E-state index >= 15 is 0 Å². The Labute approximate surface area is 120 Å². The molecule has 1 rings (SSSR count). The van der Waals surface area contributed by atoms with Gasteiger partial charge < -0.3 is 20.5 Å². The lowest BCUT2D eigenvalue weighted by Crippen LogP contribution is -2.32. The molecule has 118 valence electrons. The van der Waals surface area contributed by atoms with E-state index < -0.39 is 6.36 Å². The first-order valence-electron chi connectivity index (χ1n) is 6.30. The second kappa shape index (κ2) is 7.84. The number of ether oxygens (including phenoxy) is 1. The highest BCUT2D eigenvalue weighted by Crippen LogP contribution is 2.23. The van der Waals surface area contributed by atoms with Crippen LogP contribution in [0.1, 0.15) is 13.3 Å². The Balaban J connectivity index is 2.46. The van der Waals surface area contributed by atoms with Crippen molar-refractivity contribution in [3.63, 3.8) is 0 Å². The van der Waals surface area contributed by atoms with Crippen molar-refractivity contribution in [3.8, 4) is 5.75 Å². The molecule has 0 spiro atoms. The molecule has 5 nitrogen and oxygen atoms in total. The van der Waals surface area contributed by atoms with Crippen molar-refractivity contribution in [3.05, 3.63) is 24.3 Å². The Morgan fingerprint density at radius 3 is 2.48 bits per heavy atom. The number of hydrogen-bond donors (Lipinski definition) is 3. The van der Waals surface area contributed by atoms with Gasteiger partial charge in [-0.1, -0.05) is 0 Å². The first-order chi connectivity index (χ1) is 9.80. The minimum atomic E-state index is -4.74. The van der Waals surface area contributed by atoms with Crippen molar-refractivity contribution in [1.29, 1.82) is 0 Å². The van der Waals surface area contributed by atoms with Crippen LogP contribution >= 0.6 is 0 Å². The van der Waals surface area contributed by atoms with Crippen molar-refractivity contribution < 1.29 is 27.8 Å². The van der Waals surface area contributed by atoms with Gasteiger partial charge in [0.15, 0.2) is 0 Å². The molecule has 0 heterocycles. The molecule has 0 saturated carbocycles. The van der Waals surface area contributed by atoms with E-state index in [2.05, 4.69) is 15.4 Å². The Hall–Kier alpha value is -1.80. The number of benzene rings is 1. The summed E-state index contributed by atoms with van der Waals surface area (Å²) in [6, 6.07) is 4.77. The van der Waals surface area contributed by atoms with Gasteiger partial charge in [0.05, 0.1) is 6.61 Å². The molecule has 0 saturated heterocycles. The van der Waals surface area contributed by atoms with Gasteiger partial charge >= 0.3 is 6.36 Å². The van der Waals surface area contributed by atoms with Gasteiger partial charge in [0.25, 0.3) is 0 Å². The number of carbonyl (C=O) groups excluding carboxylic acids is 1. The Bertz CT molecular complexity index is 449. The van der Waals surface area contributed by atoms with Gasteiger partial charge in [0.1, 0.15) is 5.75 Å². The lowest BCUT2D eigenvalue weighted by Gasteiger charge is -2.13. The summed E-state index contributed by atoms with van der Waals surface area (Å²) >= 11 is 0. The van der Waals surface area contributed by atoms with Crippen molar-refractivity contribution in [2.45, 2.75) is 25.7 Å². The van der Waals surface area contributed by atoms with Crippen LogP contribution in [0.4, 0.5) is 18.9 Å². The molecular formula is C13H17F3N2O3. The molecular weight excluding hydrogens is 289 g/mol. The van der Waals surface area contributed by atoms with Crippen LogP contribution in [0.5, 0.6) is 5.75 Å². The van der Waals surface area contributed by atoms with E-state index in [0.29, 0.717) is 12.2 Å². The van der Waals surface area contributed by atoms with Crippen LogP contribution in [0.2, 0.25) is 0 Å². The smallest absolute Gasteiger partial charge is 0.406 e. The zero-order chi connectivity index (χ0) is 15.9. The number of amides is 1. The minimum Gasteiger partial charge on any atom is -0.406 e. The normalized spacial score (nSPS) is 12.8. The Morgan fingerprint density at radius 1 is 1.33 bits per heavy atom. The van der Waals surface area contributed by atoms with Gasteiger partial charge in [0.2, 0.25) is 5.91 Å². The molecule has 1 unspecified atom stereocenters. The zero-order valence-electron chi connectivity index (χ0n) is 11.4. The van der Waals surface area contributed by atoms with E-state index in [-0.39, 0.29) is 30.7 Å². The quantitative estimate of drug-likeness (QED) is 0.719. The van der Waals surface area contributed by atoms with Gasteiger partial charge in [-0.15, -0.1) is 13.2 Å². The van der Waals surface area contributed by atoms with E-state index in [1.165, 1.54) is 12.1 Å². The van der Waals surface area contributed by atoms with Crippen LogP contribution in [0.25, 0.3) is 0 Å². The van der Waals surface area contributed by atoms with E-state index in [0.717, 1.165) is 12.1 Å². The number of nitrogens with one attached hydrogen (secondary N) is 2. The van der Waals surface area contributed by atoms with Crippen LogP contribution in [0, 0.1) is 0 Å². The highest BCUT2D eigenvalue weighted by Gasteiger charge is 2.30. The molecule has 0 aromatic heterocycles. The van der Waals surface area contributed by atoms with Crippen LogP contribution in [0.15, 0.2) is 24.3 Å². The average molecular weight is 306 g/mol. The molecule has 0 aliphatic rings. The predicted octanol–water partition coefficient (Wildman–Crippen LogP) is 1.88. The van der Waals surface area contributed by atoms with Crippen molar-refractivity contribution in [1.82, 2.24) is 5.32 Å². The number of aliphatic hydroxyl groups is 1. The topological polar surface area (TPSA) is 70.6 Å². The fourth-order valence-electron chi connectivity index (χ4n) is 1.61. The van der Waals surface area contributed by atoms with Gasteiger partial charge in [0, 0.05) is 24.7 Å². The molecule has 1 aromatic rings. The second-order valence-electron chi connectivity index (χ2n) is 4.40. The molecule has 3 N–H and O–H groups in total. The largest absolute Gasteiger partial charge is 0.573 e. The van der Waals surface area contributed by atoms with Crippen LogP contribution in [-0.4, -0.2) is 36.6 Å². The predicted molar refractivity (Wildman–Crippen MR) is 70.9 cm³/mol. The number of carbonyl (C=O) groups is 1. The van der Waals surface area contributed by atoms with E-state index in [1.807, 2.05) is 0 Å². The number of rotatable bonds is 7. The maximum atomic E-state index is 12.0. The highest BCUT2D eigenvalue weighted by atomic mass is 19.4. The van der Waals surface area contributed by atoms with Gasteiger partial charge in [-0.05, 0) is 31.2 Å².